The number of aromatic nitrogens is 1. The molecule has 7 heteroatoms. The number of carbonyl (C=O) groups excluding carboxylic acids is 1. The molecular formula is C13H8FIN2O3. The molecule has 20 heavy (non-hydrogen) atoms. The summed E-state index contributed by atoms with van der Waals surface area (Å²) in [6.07, 6.45) is 1.08. The van der Waals surface area contributed by atoms with Crippen LogP contribution >= 0.6 is 22.6 Å². The maximum Gasteiger partial charge on any atom is 0.337 e. The summed E-state index contributed by atoms with van der Waals surface area (Å²) in [4.78, 5) is 26.4. The number of hydrogen-bond donors (Lipinski definition) is 2. The van der Waals surface area contributed by atoms with E-state index in [1.54, 1.807) is 6.07 Å². The zero-order valence-corrected chi connectivity index (χ0v) is 12.1. The van der Waals surface area contributed by atoms with Crippen molar-refractivity contribution < 1.29 is 19.1 Å². The molecule has 1 aromatic carbocycles. The number of carbonyl (C=O) groups is 2. The third-order valence-corrected chi connectivity index (χ3v) is 3.12. The van der Waals surface area contributed by atoms with Crippen molar-refractivity contribution in [1.29, 1.82) is 0 Å². The quantitative estimate of drug-likeness (QED) is 0.628. The average Bonchev–Trinajstić information content (AvgIpc) is 2.41. The summed E-state index contributed by atoms with van der Waals surface area (Å²) in [5, 5.41) is 11.6. The molecule has 1 amide bonds. The van der Waals surface area contributed by atoms with Gasteiger partial charge in [-0.2, -0.15) is 4.39 Å². The summed E-state index contributed by atoms with van der Waals surface area (Å²) < 4.78 is 13.4. The summed E-state index contributed by atoms with van der Waals surface area (Å²) in [5.41, 5.74) is 0.300. The predicted octanol–water partition coefficient (Wildman–Crippen LogP) is 2.78. The van der Waals surface area contributed by atoms with Gasteiger partial charge >= 0.3 is 5.97 Å². The van der Waals surface area contributed by atoms with Crippen molar-refractivity contribution in [1.82, 2.24) is 4.98 Å². The number of pyridine rings is 1. The average molecular weight is 386 g/mol. The van der Waals surface area contributed by atoms with E-state index in [9.17, 15) is 14.0 Å². The molecule has 2 aromatic rings. The summed E-state index contributed by atoms with van der Waals surface area (Å²) in [5.74, 6) is -2.39. The van der Waals surface area contributed by atoms with Gasteiger partial charge in [0, 0.05) is 9.77 Å². The zero-order valence-electron chi connectivity index (χ0n) is 9.93. The van der Waals surface area contributed by atoms with Crippen LogP contribution in [0.2, 0.25) is 0 Å². The first-order valence-electron chi connectivity index (χ1n) is 5.43. The summed E-state index contributed by atoms with van der Waals surface area (Å²) >= 11 is 1.98. The van der Waals surface area contributed by atoms with Crippen LogP contribution in [0.3, 0.4) is 0 Å². The SMILES string of the molecule is O=C(Nc1ccc(I)cc1C(=O)O)c1ccc(F)nc1. The van der Waals surface area contributed by atoms with E-state index in [-0.39, 0.29) is 16.8 Å². The number of halogens is 2. The van der Waals surface area contributed by atoms with Crippen LogP contribution in [0.25, 0.3) is 0 Å². The van der Waals surface area contributed by atoms with Crippen LogP contribution in [0.1, 0.15) is 20.7 Å². The Morgan fingerprint density at radius 2 is 2.00 bits per heavy atom. The van der Waals surface area contributed by atoms with Crippen molar-refractivity contribution in [2.24, 2.45) is 0 Å². The Morgan fingerprint density at radius 3 is 2.60 bits per heavy atom. The number of aromatic carboxylic acids is 1. The smallest absolute Gasteiger partial charge is 0.337 e. The van der Waals surface area contributed by atoms with Crippen LogP contribution in [0.4, 0.5) is 10.1 Å². The van der Waals surface area contributed by atoms with Crippen LogP contribution in [0.5, 0.6) is 0 Å². The van der Waals surface area contributed by atoms with E-state index in [2.05, 4.69) is 10.3 Å². The molecule has 0 spiro atoms. The number of hydrogen-bond acceptors (Lipinski definition) is 3. The predicted molar refractivity (Wildman–Crippen MR) is 78.3 cm³/mol. The van der Waals surface area contributed by atoms with Crippen molar-refractivity contribution in [3.8, 4) is 0 Å². The molecular weight excluding hydrogens is 378 g/mol. The van der Waals surface area contributed by atoms with E-state index >= 15 is 0 Å². The number of nitrogens with one attached hydrogen (secondary N) is 1. The molecule has 0 bridgehead atoms. The highest BCUT2D eigenvalue weighted by atomic mass is 127. The van der Waals surface area contributed by atoms with Gasteiger partial charge in [-0.3, -0.25) is 4.79 Å². The molecule has 0 atom stereocenters. The zero-order chi connectivity index (χ0) is 14.7. The van der Waals surface area contributed by atoms with Crippen molar-refractivity contribution >= 4 is 40.2 Å². The Morgan fingerprint density at radius 1 is 1.25 bits per heavy atom. The number of carboxylic acid groups (broad SMARTS) is 1. The lowest BCUT2D eigenvalue weighted by Crippen LogP contribution is -2.15. The summed E-state index contributed by atoms with van der Waals surface area (Å²) in [6.45, 7) is 0. The van der Waals surface area contributed by atoms with Crippen molar-refractivity contribution in [2.75, 3.05) is 5.32 Å². The molecule has 0 saturated heterocycles. The first-order valence-corrected chi connectivity index (χ1v) is 6.51. The lowest BCUT2D eigenvalue weighted by Gasteiger charge is -2.08. The molecule has 0 aliphatic heterocycles. The highest BCUT2D eigenvalue weighted by Crippen LogP contribution is 2.19. The molecule has 0 radical (unpaired) electrons. The standard InChI is InChI=1S/C13H8FIN2O3/c14-11-4-1-7(6-16-11)12(18)17-10-3-2-8(15)5-9(10)13(19)20/h1-6H,(H,17,18)(H,19,20). The number of nitrogens with zero attached hydrogens (tertiary/aromatic N) is 1. The molecule has 0 unspecified atom stereocenters. The number of amides is 1. The monoisotopic (exact) mass is 386 g/mol. The fraction of sp³-hybridized carbons (Fsp3) is 0. The minimum atomic E-state index is -1.14. The number of anilines is 1. The van der Waals surface area contributed by atoms with Gasteiger partial charge < -0.3 is 10.4 Å². The number of carboxylic acids is 1. The summed E-state index contributed by atoms with van der Waals surface area (Å²) in [6, 6.07) is 6.94. The van der Waals surface area contributed by atoms with Gasteiger partial charge in [0.05, 0.1) is 16.8 Å². The van der Waals surface area contributed by atoms with E-state index in [1.807, 2.05) is 22.6 Å². The molecule has 2 N–H and O–H groups in total. The molecule has 0 fully saturated rings. The lowest BCUT2D eigenvalue weighted by molar-refractivity contribution is 0.0698. The number of benzene rings is 1. The molecule has 2 rings (SSSR count). The van der Waals surface area contributed by atoms with Gasteiger partial charge in [0.2, 0.25) is 5.95 Å². The van der Waals surface area contributed by atoms with Crippen LogP contribution in [0, 0.1) is 9.52 Å². The first-order chi connectivity index (χ1) is 9.47. The third kappa shape index (κ3) is 3.29. The Bertz CT molecular complexity index is 674. The van der Waals surface area contributed by atoms with Gasteiger partial charge in [-0.1, -0.05) is 0 Å². The summed E-state index contributed by atoms with van der Waals surface area (Å²) in [7, 11) is 0. The maximum atomic E-state index is 12.7. The minimum Gasteiger partial charge on any atom is -0.478 e. The van der Waals surface area contributed by atoms with E-state index < -0.39 is 17.8 Å². The molecule has 5 nitrogen and oxygen atoms in total. The van der Waals surface area contributed by atoms with Crippen molar-refractivity contribution in [2.45, 2.75) is 0 Å². The highest BCUT2D eigenvalue weighted by Gasteiger charge is 2.14. The van der Waals surface area contributed by atoms with Gasteiger partial charge in [-0.05, 0) is 52.9 Å². The Hall–Kier alpha value is -2.03. The van der Waals surface area contributed by atoms with Gasteiger partial charge in [-0.25, -0.2) is 9.78 Å². The molecule has 102 valence electrons. The van der Waals surface area contributed by atoms with E-state index in [4.69, 9.17) is 5.11 Å². The Labute approximate surface area is 127 Å². The van der Waals surface area contributed by atoms with Crippen molar-refractivity contribution in [3.05, 3.63) is 57.2 Å². The van der Waals surface area contributed by atoms with E-state index in [0.717, 1.165) is 15.8 Å². The molecule has 0 aliphatic carbocycles. The first kappa shape index (κ1) is 14.4. The van der Waals surface area contributed by atoms with Gasteiger partial charge in [0.15, 0.2) is 0 Å². The van der Waals surface area contributed by atoms with Crippen LogP contribution < -0.4 is 5.32 Å². The fourth-order valence-electron chi connectivity index (χ4n) is 1.51. The second kappa shape index (κ2) is 5.95. The second-order valence-corrected chi connectivity index (χ2v) is 5.06. The molecule has 1 heterocycles. The van der Waals surface area contributed by atoms with Gasteiger partial charge in [0.1, 0.15) is 0 Å². The third-order valence-electron chi connectivity index (χ3n) is 2.45. The van der Waals surface area contributed by atoms with Crippen molar-refractivity contribution in [3.63, 3.8) is 0 Å². The second-order valence-electron chi connectivity index (χ2n) is 3.82. The van der Waals surface area contributed by atoms with Crippen LogP contribution in [-0.2, 0) is 0 Å². The topological polar surface area (TPSA) is 79.3 Å². The van der Waals surface area contributed by atoms with E-state index in [0.29, 0.717) is 0 Å². The molecule has 1 aromatic heterocycles. The Kier molecular flexibility index (Phi) is 4.28. The van der Waals surface area contributed by atoms with E-state index in [1.165, 1.54) is 18.2 Å². The van der Waals surface area contributed by atoms with Gasteiger partial charge in [0.25, 0.3) is 5.91 Å². The van der Waals surface area contributed by atoms with Gasteiger partial charge in [-0.15, -0.1) is 0 Å². The fourth-order valence-corrected chi connectivity index (χ4v) is 2.00. The maximum absolute atomic E-state index is 12.7. The molecule has 0 aliphatic rings. The highest BCUT2D eigenvalue weighted by molar-refractivity contribution is 14.1. The van der Waals surface area contributed by atoms with Crippen LogP contribution in [-0.4, -0.2) is 22.0 Å². The number of rotatable bonds is 3. The normalized spacial score (nSPS) is 10.1. The molecule has 0 saturated carbocycles. The minimum absolute atomic E-state index is 0.0136. The van der Waals surface area contributed by atoms with Crippen LogP contribution in [0.15, 0.2) is 36.5 Å². The Balaban J connectivity index is 2.28. The lowest BCUT2D eigenvalue weighted by atomic mass is 10.1. The largest absolute Gasteiger partial charge is 0.478 e.